The molecule has 6 heavy (non-hydrogen) atoms. The van der Waals surface area contributed by atoms with Gasteiger partial charge in [-0.15, -0.1) is 0 Å². The van der Waals surface area contributed by atoms with Crippen LogP contribution >= 0.6 is 12.6 Å². The summed E-state index contributed by atoms with van der Waals surface area (Å²) in [5.41, 5.74) is 0. The molecule has 2 heteroatoms. The van der Waals surface area contributed by atoms with Crippen LogP contribution < -0.4 is 0 Å². The Labute approximate surface area is 43.2 Å². The normalized spacial score (nSPS) is 14.5. The lowest BCUT2D eigenvalue weighted by atomic mass is 10.3. The van der Waals surface area contributed by atoms with E-state index in [0.29, 0.717) is 6.42 Å². The predicted octanol–water partition coefficient (Wildman–Crippen LogP) is 1.93. The molecule has 0 aliphatic rings. The van der Waals surface area contributed by atoms with Crippen LogP contribution in [0.5, 0.6) is 0 Å². The highest BCUT2D eigenvalue weighted by molar-refractivity contribution is 7.80. The van der Waals surface area contributed by atoms with Crippen molar-refractivity contribution in [2.45, 2.75) is 19.5 Å². The van der Waals surface area contributed by atoms with E-state index in [0.717, 1.165) is 0 Å². The number of hydrogen-bond acceptors (Lipinski definition) is 0. The van der Waals surface area contributed by atoms with Crippen LogP contribution in [0.15, 0.2) is 0 Å². The van der Waals surface area contributed by atoms with Gasteiger partial charge in [0.25, 0.3) is 0 Å². The molecule has 0 aromatic rings. The molecule has 0 N–H and O–H groups in total. The minimum atomic E-state index is -0.750. The van der Waals surface area contributed by atoms with Crippen molar-refractivity contribution in [3.63, 3.8) is 0 Å². The van der Waals surface area contributed by atoms with E-state index in [1.54, 1.807) is 6.92 Å². The molecule has 0 bridgehead atoms. The summed E-state index contributed by atoms with van der Waals surface area (Å²) in [5, 5.41) is 0. The molecule has 0 aromatic carbocycles. The third-order valence-corrected chi connectivity index (χ3v) is 0.986. The molecule has 37 valence electrons. The average Bonchev–Trinajstić information content (AvgIpc) is 1.65. The highest BCUT2D eigenvalue weighted by Gasteiger charge is 1.95. The zero-order valence-corrected chi connectivity index (χ0v) is 4.59. The standard InChI is InChI=1S/C4H8FS/c1-2-4(5)3-6/h4H,2-3H2,1H3. The van der Waals surface area contributed by atoms with Crippen LogP contribution in [0.25, 0.3) is 0 Å². The highest BCUT2D eigenvalue weighted by atomic mass is 32.1. The first-order chi connectivity index (χ1) is 2.81. The van der Waals surface area contributed by atoms with Gasteiger partial charge in [0.2, 0.25) is 0 Å². The largest absolute Gasteiger partial charge is 0.247 e. The van der Waals surface area contributed by atoms with Gasteiger partial charge in [-0.25, -0.2) is 4.39 Å². The smallest absolute Gasteiger partial charge is 0.110 e. The van der Waals surface area contributed by atoms with Crippen LogP contribution in [0.2, 0.25) is 0 Å². The summed E-state index contributed by atoms with van der Waals surface area (Å²) in [6.45, 7) is 1.79. The van der Waals surface area contributed by atoms with Crippen molar-refractivity contribution in [1.82, 2.24) is 0 Å². The van der Waals surface area contributed by atoms with Gasteiger partial charge < -0.3 is 0 Å². The molecule has 0 nitrogen and oxygen atoms in total. The van der Waals surface area contributed by atoms with E-state index >= 15 is 0 Å². The van der Waals surface area contributed by atoms with Crippen molar-refractivity contribution < 1.29 is 4.39 Å². The van der Waals surface area contributed by atoms with Gasteiger partial charge in [-0.3, -0.25) is 0 Å². The fourth-order valence-corrected chi connectivity index (χ4v) is 0.354. The summed E-state index contributed by atoms with van der Waals surface area (Å²) < 4.78 is 11.8. The lowest BCUT2D eigenvalue weighted by Gasteiger charge is -1.92. The van der Waals surface area contributed by atoms with Crippen LogP contribution in [0, 0.1) is 0 Å². The van der Waals surface area contributed by atoms with Gasteiger partial charge in [0.05, 0.1) is 0 Å². The summed E-state index contributed by atoms with van der Waals surface area (Å²) >= 11 is 4.40. The maximum absolute atomic E-state index is 11.8. The van der Waals surface area contributed by atoms with Gasteiger partial charge in [0, 0.05) is 5.75 Å². The maximum atomic E-state index is 11.8. The van der Waals surface area contributed by atoms with Gasteiger partial charge in [0.15, 0.2) is 0 Å². The third-order valence-electron chi connectivity index (χ3n) is 0.624. The van der Waals surface area contributed by atoms with Crippen molar-refractivity contribution in [1.29, 1.82) is 0 Å². The number of rotatable bonds is 2. The van der Waals surface area contributed by atoms with E-state index in [-0.39, 0.29) is 5.75 Å². The number of alkyl halides is 1. The number of hydrogen-bond donors (Lipinski definition) is 0. The molecule has 1 atom stereocenters. The van der Waals surface area contributed by atoms with Gasteiger partial charge in [-0.1, -0.05) is 19.6 Å². The van der Waals surface area contributed by atoms with Crippen molar-refractivity contribution in [2.24, 2.45) is 0 Å². The van der Waals surface area contributed by atoms with E-state index in [2.05, 4.69) is 12.6 Å². The SMILES string of the molecule is CCC(F)C[S]. The Balaban J connectivity index is 2.75. The van der Waals surface area contributed by atoms with Crippen molar-refractivity contribution in [3.05, 3.63) is 0 Å². The van der Waals surface area contributed by atoms with Gasteiger partial charge in [-0.05, 0) is 6.42 Å². The summed E-state index contributed by atoms with van der Waals surface area (Å²) in [7, 11) is 0. The molecule has 0 saturated heterocycles. The van der Waals surface area contributed by atoms with E-state index in [9.17, 15) is 4.39 Å². The van der Waals surface area contributed by atoms with Crippen LogP contribution in [0.3, 0.4) is 0 Å². The second-order valence-corrected chi connectivity index (χ2v) is 1.51. The Morgan fingerprint density at radius 3 is 2.33 bits per heavy atom. The lowest BCUT2D eigenvalue weighted by Crippen LogP contribution is -1.96. The first-order valence-electron chi connectivity index (χ1n) is 2.03. The molecule has 0 aromatic heterocycles. The summed E-state index contributed by atoms with van der Waals surface area (Å²) in [5.74, 6) is 0.247. The molecule has 0 heterocycles. The fourth-order valence-electron chi connectivity index (χ4n) is 0.118. The molecule has 0 fully saturated rings. The monoisotopic (exact) mass is 107 g/mol. The molecule has 0 spiro atoms. The molecule has 1 unspecified atom stereocenters. The zero-order valence-electron chi connectivity index (χ0n) is 3.78. The Hall–Kier alpha value is 0.280. The van der Waals surface area contributed by atoms with Gasteiger partial charge in [0.1, 0.15) is 6.17 Å². The summed E-state index contributed by atoms with van der Waals surface area (Å²) in [6, 6.07) is 0. The Bertz CT molecular complexity index is 26.7. The Kier molecular flexibility index (Phi) is 3.63. The molecule has 0 aliphatic heterocycles. The molecule has 1 radical (unpaired) electrons. The molecule has 0 saturated carbocycles. The van der Waals surface area contributed by atoms with Gasteiger partial charge >= 0.3 is 0 Å². The fraction of sp³-hybridized carbons (Fsp3) is 1.00. The van der Waals surface area contributed by atoms with Crippen LogP contribution in [-0.4, -0.2) is 11.9 Å². The minimum absolute atomic E-state index is 0.247. The predicted molar refractivity (Wildman–Crippen MR) is 27.6 cm³/mol. The maximum Gasteiger partial charge on any atom is 0.110 e. The third kappa shape index (κ3) is 2.51. The average molecular weight is 107 g/mol. The zero-order chi connectivity index (χ0) is 4.99. The van der Waals surface area contributed by atoms with Crippen LogP contribution in [0.4, 0.5) is 4.39 Å². The first kappa shape index (κ1) is 6.28. The molecule has 0 rings (SSSR count). The van der Waals surface area contributed by atoms with E-state index in [1.165, 1.54) is 0 Å². The van der Waals surface area contributed by atoms with Crippen LogP contribution in [-0.2, 0) is 0 Å². The van der Waals surface area contributed by atoms with Gasteiger partial charge in [-0.2, -0.15) is 0 Å². The molecular weight excluding hydrogens is 99.1 g/mol. The van der Waals surface area contributed by atoms with Crippen LogP contribution in [0.1, 0.15) is 13.3 Å². The van der Waals surface area contributed by atoms with E-state index in [4.69, 9.17) is 0 Å². The van der Waals surface area contributed by atoms with E-state index < -0.39 is 6.17 Å². The highest BCUT2D eigenvalue weighted by Crippen LogP contribution is 1.96. The van der Waals surface area contributed by atoms with Crippen molar-refractivity contribution in [3.8, 4) is 0 Å². The first-order valence-corrected chi connectivity index (χ1v) is 2.61. The number of halogens is 1. The minimum Gasteiger partial charge on any atom is -0.247 e. The molecular formula is C4H8FS. The lowest BCUT2D eigenvalue weighted by molar-refractivity contribution is 0.359. The molecule has 0 aliphatic carbocycles. The van der Waals surface area contributed by atoms with Crippen molar-refractivity contribution in [2.75, 3.05) is 5.75 Å². The second-order valence-electron chi connectivity index (χ2n) is 1.17. The topological polar surface area (TPSA) is 0 Å². The van der Waals surface area contributed by atoms with Crippen molar-refractivity contribution >= 4 is 12.6 Å². The summed E-state index contributed by atoms with van der Waals surface area (Å²) in [4.78, 5) is 0. The Morgan fingerprint density at radius 2 is 2.33 bits per heavy atom. The molecule has 0 amide bonds. The quantitative estimate of drug-likeness (QED) is 0.506. The Morgan fingerprint density at radius 1 is 1.83 bits per heavy atom. The van der Waals surface area contributed by atoms with E-state index in [1.807, 2.05) is 0 Å². The second kappa shape index (κ2) is 3.47. The summed E-state index contributed by atoms with van der Waals surface area (Å²) in [6.07, 6.45) is -0.191.